The maximum absolute atomic E-state index is 14.0. The highest BCUT2D eigenvalue weighted by molar-refractivity contribution is 5.30. The number of hydrogen-bond acceptors (Lipinski definition) is 5. The number of rotatable bonds is 6. The van der Waals surface area contributed by atoms with E-state index < -0.39 is 0 Å². The van der Waals surface area contributed by atoms with E-state index in [1.807, 2.05) is 20.0 Å². The van der Waals surface area contributed by atoms with Crippen molar-refractivity contribution >= 4 is 0 Å². The van der Waals surface area contributed by atoms with Crippen molar-refractivity contribution in [2.45, 2.75) is 38.3 Å². The third kappa shape index (κ3) is 3.21. The van der Waals surface area contributed by atoms with Gasteiger partial charge in [-0.3, -0.25) is 0 Å². The molecule has 6 heteroatoms. The summed E-state index contributed by atoms with van der Waals surface area (Å²) in [7, 11) is 1.83. The van der Waals surface area contributed by atoms with Crippen molar-refractivity contribution in [2.24, 2.45) is 0 Å². The van der Waals surface area contributed by atoms with Gasteiger partial charge in [-0.25, -0.2) is 4.39 Å². The highest BCUT2D eigenvalue weighted by Crippen LogP contribution is 2.38. The fourth-order valence-corrected chi connectivity index (χ4v) is 2.03. The zero-order valence-corrected chi connectivity index (χ0v) is 12.1. The van der Waals surface area contributed by atoms with Crippen molar-refractivity contribution in [3.8, 4) is 5.75 Å². The molecule has 112 valence electrons. The number of halogens is 1. The topological polar surface area (TPSA) is 60.2 Å². The van der Waals surface area contributed by atoms with E-state index in [9.17, 15) is 4.39 Å². The zero-order valence-electron chi connectivity index (χ0n) is 12.1. The minimum atomic E-state index is -0.388. The molecule has 1 unspecified atom stereocenters. The van der Waals surface area contributed by atoms with Gasteiger partial charge in [-0.1, -0.05) is 11.2 Å². The van der Waals surface area contributed by atoms with Crippen LogP contribution in [-0.2, 0) is 6.61 Å². The van der Waals surface area contributed by atoms with Crippen LogP contribution in [0.5, 0.6) is 5.75 Å². The summed E-state index contributed by atoms with van der Waals surface area (Å²) in [6.45, 7) is 2.07. The van der Waals surface area contributed by atoms with E-state index in [1.54, 1.807) is 6.07 Å². The van der Waals surface area contributed by atoms with Crippen LogP contribution in [0.3, 0.4) is 0 Å². The number of hydrogen-bond donors (Lipinski definition) is 1. The van der Waals surface area contributed by atoms with Gasteiger partial charge >= 0.3 is 0 Å². The second-order valence-electron chi connectivity index (χ2n) is 5.31. The Kier molecular flexibility index (Phi) is 3.88. The third-order valence-corrected chi connectivity index (χ3v) is 3.66. The van der Waals surface area contributed by atoms with Gasteiger partial charge in [-0.2, -0.15) is 4.98 Å². The van der Waals surface area contributed by atoms with Crippen molar-refractivity contribution in [3.05, 3.63) is 41.3 Å². The van der Waals surface area contributed by atoms with E-state index in [-0.39, 0.29) is 24.2 Å². The van der Waals surface area contributed by atoms with E-state index in [1.165, 1.54) is 6.07 Å². The normalized spacial score (nSPS) is 16.0. The summed E-state index contributed by atoms with van der Waals surface area (Å²) in [4.78, 5) is 4.24. The smallest absolute Gasteiger partial charge is 0.229 e. The largest absolute Gasteiger partial charge is 0.482 e. The van der Waals surface area contributed by atoms with Crippen LogP contribution in [0.15, 0.2) is 22.7 Å². The zero-order chi connectivity index (χ0) is 14.8. The first kappa shape index (κ1) is 14.0. The van der Waals surface area contributed by atoms with Crippen molar-refractivity contribution in [1.82, 2.24) is 15.5 Å². The van der Waals surface area contributed by atoms with Crippen LogP contribution >= 0.6 is 0 Å². The Hall–Kier alpha value is -1.95. The molecule has 0 spiro atoms. The standard InChI is InChI=1S/C15H18FN3O2/c1-9(17-2)11-5-6-13(12(16)7-11)20-8-14-18-15(21-19-14)10-3-4-10/h5-7,9-10,17H,3-4,8H2,1-2H3. The lowest BCUT2D eigenvalue weighted by atomic mass is 10.1. The predicted octanol–water partition coefficient (Wildman–Crippen LogP) is 2.95. The van der Waals surface area contributed by atoms with Crippen LogP contribution < -0.4 is 10.1 Å². The maximum atomic E-state index is 14.0. The van der Waals surface area contributed by atoms with Crippen molar-refractivity contribution < 1.29 is 13.7 Å². The molecule has 1 aliphatic carbocycles. The van der Waals surface area contributed by atoms with Gasteiger partial charge in [-0.15, -0.1) is 0 Å². The van der Waals surface area contributed by atoms with Crippen molar-refractivity contribution in [1.29, 1.82) is 0 Å². The molecule has 1 atom stereocenters. The molecule has 1 aromatic carbocycles. The molecule has 0 radical (unpaired) electrons. The van der Waals surface area contributed by atoms with Gasteiger partial charge in [0.15, 0.2) is 18.2 Å². The Morgan fingerprint density at radius 2 is 2.29 bits per heavy atom. The van der Waals surface area contributed by atoms with Gasteiger partial charge in [0.25, 0.3) is 0 Å². The summed E-state index contributed by atoms with van der Waals surface area (Å²) >= 11 is 0. The Labute approximate surface area is 122 Å². The average molecular weight is 291 g/mol. The van der Waals surface area contributed by atoms with E-state index in [2.05, 4.69) is 15.5 Å². The summed E-state index contributed by atoms with van der Waals surface area (Å²) in [5.41, 5.74) is 0.873. The van der Waals surface area contributed by atoms with Gasteiger partial charge in [0.2, 0.25) is 11.7 Å². The quantitative estimate of drug-likeness (QED) is 0.886. The predicted molar refractivity (Wildman–Crippen MR) is 74.5 cm³/mol. The maximum Gasteiger partial charge on any atom is 0.229 e. The Morgan fingerprint density at radius 1 is 1.48 bits per heavy atom. The highest BCUT2D eigenvalue weighted by atomic mass is 19.1. The van der Waals surface area contributed by atoms with E-state index >= 15 is 0 Å². The van der Waals surface area contributed by atoms with Crippen LogP contribution in [-0.4, -0.2) is 17.2 Å². The molecule has 1 aromatic heterocycles. The Morgan fingerprint density at radius 3 is 2.95 bits per heavy atom. The summed E-state index contributed by atoms with van der Waals surface area (Å²) in [6, 6.07) is 5.03. The molecule has 5 nitrogen and oxygen atoms in total. The van der Waals surface area contributed by atoms with Crippen LogP contribution in [0.25, 0.3) is 0 Å². The van der Waals surface area contributed by atoms with Crippen molar-refractivity contribution in [2.75, 3.05) is 7.05 Å². The second-order valence-corrected chi connectivity index (χ2v) is 5.31. The third-order valence-electron chi connectivity index (χ3n) is 3.66. The molecule has 1 fully saturated rings. The van der Waals surface area contributed by atoms with Crippen LogP contribution in [0.2, 0.25) is 0 Å². The van der Waals surface area contributed by atoms with Crippen LogP contribution in [0.4, 0.5) is 4.39 Å². The first-order valence-corrected chi connectivity index (χ1v) is 7.09. The number of nitrogens with one attached hydrogen (secondary N) is 1. The Bertz CT molecular complexity index is 625. The molecule has 0 saturated heterocycles. The summed E-state index contributed by atoms with van der Waals surface area (Å²) in [6.07, 6.45) is 2.20. The number of benzene rings is 1. The van der Waals surface area contributed by atoms with Gasteiger partial charge in [-0.05, 0) is 44.5 Å². The molecule has 0 amide bonds. The minimum absolute atomic E-state index is 0.0897. The molecular formula is C15H18FN3O2. The molecule has 0 bridgehead atoms. The first-order chi connectivity index (χ1) is 10.2. The lowest BCUT2D eigenvalue weighted by molar-refractivity contribution is 0.272. The lowest BCUT2D eigenvalue weighted by Gasteiger charge is -2.12. The second kappa shape index (κ2) is 5.81. The minimum Gasteiger partial charge on any atom is -0.482 e. The van der Waals surface area contributed by atoms with E-state index in [0.29, 0.717) is 17.6 Å². The lowest BCUT2D eigenvalue weighted by Crippen LogP contribution is -2.12. The number of ether oxygens (including phenoxy) is 1. The molecule has 21 heavy (non-hydrogen) atoms. The highest BCUT2D eigenvalue weighted by Gasteiger charge is 2.29. The first-order valence-electron chi connectivity index (χ1n) is 7.09. The average Bonchev–Trinajstić information content (AvgIpc) is 3.24. The summed E-state index contributed by atoms with van der Waals surface area (Å²) in [5.74, 6) is 1.32. The van der Waals surface area contributed by atoms with Gasteiger partial charge < -0.3 is 14.6 Å². The molecule has 1 saturated carbocycles. The number of aromatic nitrogens is 2. The van der Waals surface area contributed by atoms with Crippen LogP contribution in [0, 0.1) is 5.82 Å². The molecule has 2 aromatic rings. The van der Waals surface area contributed by atoms with E-state index in [4.69, 9.17) is 9.26 Å². The van der Waals surface area contributed by atoms with Gasteiger partial charge in [0.05, 0.1) is 0 Å². The molecule has 1 heterocycles. The number of nitrogens with zero attached hydrogens (tertiary/aromatic N) is 2. The van der Waals surface area contributed by atoms with Crippen LogP contribution in [0.1, 0.15) is 49.0 Å². The van der Waals surface area contributed by atoms with E-state index in [0.717, 1.165) is 18.4 Å². The molecule has 1 aliphatic rings. The molecule has 0 aliphatic heterocycles. The van der Waals surface area contributed by atoms with Gasteiger partial charge in [0.1, 0.15) is 0 Å². The molecular weight excluding hydrogens is 273 g/mol. The summed E-state index contributed by atoms with van der Waals surface area (Å²) < 4.78 is 24.5. The molecule has 3 rings (SSSR count). The molecule has 1 N–H and O–H groups in total. The monoisotopic (exact) mass is 291 g/mol. The fourth-order valence-electron chi connectivity index (χ4n) is 2.03. The fraction of sp³-hybridized carbons (Fsp3) is 0.467. The Balaban J connectivity index is 1.63. The van der Waals surface area contributed by atoms with Crippen molar-refractivity contribution in [3.63, 3.8) is 0 Å². The summed E-state index contributed by atoms with van der Waals surface area (Å²) in [5, 5.41) is 6.90. The SMILES string of the molecule is CNC(C)c1ccc(OCc2noc(C3CC3)n2)c(F)c1. The van der Waals surface area contributed by atoms with Gasteiger partial charge in [0, 0.05) is 12.0 Å².